The molecule has 5 nitrogen and oxygen atoms in total. The third-order valence-electron chi connectivity index (χ3n) is 3.26. The van der Waals surface area contributed by atoms with E-state index in [4.69, 9.17) is 4.52 Å². The van der Waals surface area contributed by atoms with Gasteiger partial charge in [-0.05, 0) is 25.5 Å². The zero-order chi connectivity index (χ0) is 16.6. The summed E-state index contributed by atoms with van der Waals surface area (Å²) >= 11 is 3.45. The average Bonchev–Trinajstić information content (AvgIpc) is 3.08. The highest BCUT2D eigenvalue weighted by Gasteiger charge is 2.19. The molecular formula is C15H13BrF2N4O. The van der Waals surface area contributed by atoms with Crippen LogP contribution in [0.3, 0.4) is 0 Å². The van der Waals surface area contributed by atoms with Gasteiger partial charge in [-0.25, -0.2) is 18.4 Å². The van der Waals surface area contributed by atoms with E-state index in [1.165, 1.54) is 0 Å². The molecule has 23 heavy (non-hydrogen) atoms. The van der Waals surface area contributed by atoms with Crippen molar-refractivity contribution in [2.45, 2.75) is 26.8 Å². The SMILES string of the molecule is Cc1cc(-c2nc(-c3ccc(C)c(Br)c3)nn2CC(F)F)on1. The Morgan fingerprint density at radius 1 is 1.26 bits per heavy atom. The molecule has 2 aromatic heterocycles. The van der Waals surface area contributed by atoms with Crippen LogP contribution in [0.1, 0.15) is 11.3 Å². The maximum Gasteiger partial charge on any atom is 0.258 e. The molecule has 0 N–H and O–H groups in total. The minimum atomic E-state index is -2.54. The Kier molecular flexibility index (Phi) is 4.25. The van der Waals surface area contributed by atoms with Crippen LogP contribution < -0.4 is 0 Å². The third kappa shape index (κ3) is 3.31. The first-order valence-electron chi connectivity index (χ1n) is 6.87. The maximum atomic E-state index is 12.8. The maximum absolute atomic E-state index is 12.8. The Labute approximate surface area is 139 Å². The second kappa shape index (κ2) is 6.19. The molecule has 0 aliphatic heterocycles. The predicted octanol–water partition coefficient (Wildman–Crippen LogP) is 4.24. The second-order valence-corrected chi connectivity index (χ2v) is 5.98. The molecule has 0 saturated carbocycles. The summed E-state index contributed by atoms with van der Waals surface area (Å²) in [6.07, 6.45) is -2.54. The predicted molar refractivity (Wildman–Crippen MR) is 84.1 cm³/mol. The lowest BCUT2D eigenvalue weighted by Crippen LogP contribution is -2.09. The molecule has 0 atom stereocenters. The van der Waals surface area contributed by atoms with Crippen LogP contribution >= 0.6 is 15.9 Å². The molecule has 8 heteroatoms. The number of halogens is 3. The summed E-state index contributed by atoms with van der Waals surface area (Å²) in [6, 6.07) is 7.25. The highest BCUT2D eigenvalue weighted by Crippen LogP contribution is 2.27. The van der Waals surface area contributed by atoms with Gasteiger partial charge < -0.3 is 4.52 Å². The lowest BCUT2D eigenvalue weighted by molar-refractivity contribution is 0.122. The molecule has 0 saturated heterocycles. The van der Waals surface area contributed by atoms with E-state index < -0.39 is 13.0 Å². The van der Waals surface area contributed by atoms with Crippen molar-refractivity contribution in [2.75, 3.05) is 0 Å². The smallest absolute Gasteiger partial charge is 0.258 e. The highest BCUT2D eigenvalue weighted by molar-refractivity contribution is 9.10. The summed E-state index contributed by atoms with van der Waals surface area (Å²) in [5.41, 5.74) is 2.44. The number of hydrogen-bond acceptors (Lipinski definition) is 4. The molecule has 0 radical (unpaired) electrons. The zero-order valence-corrected chi connectivity index (χ0v) is 14.0. The quantitative estimate of drug-likeness (QED) is 0.676. The number of aromatic nitrogens is 4. The number of benzene rings is 1. The molecule has 0 aliphatic carbocycles. The highest BCUT2D eigenvalue weighted by atomic mass is 79.9. The van der Waals surface area contributed by atoms with E-state index >= 15 is 0 Å². The molecule has 0 aliphatic rings. The molecule has 0 amide bonds. The summed E-state index contributed by atoms with van der Waals surface area (Å²) in [4.78, 5) is 4.35. The van der Waals surface area contributed by atoms with Crippen molar-refractivity contribution in [2.24, 2.45) is 0 Å². The van der Waals surface area contributed by atoms with E-state index in [2.05, 4.69) is 31.2 Å². The molecule has 3 aromatic rings. The molecule has 120 valence electrons. The van der Waals surface area contributed by atoms with Crippen molar-refractivity contribution < 1.29 is 13.3 Å². The van der Waals surface area contributed by atoms with Crippen molar-refractivity contribution in [3.8, 4) is 23.0 Å². The fraction of sp³-hybridized carbons (Fsp3) is 0.267. The minimum absolute atomic E-state index is 0.234. The molecule has 1 aromatic carbocycles. The number of alkyl halides is 2. The van der Waals surface area contributed by atoms with E-state index in [-0.39, 0.29) is 5.82 Å². The van der Waals surface area contributed by atoms with E-state index in [0.717, 1.165) is 20.3 Å². The van der Waals surface area contributed by atoms with E-state index in [1.807, 2.05) is 25.1 Å². The first-order valence-corrected chi connectivity index (χ1v) is 7.66. The largest absolute Gasteiger partial charge is 0.353 e. The van der Waals surface area contributed by atoms with Gasteiger partial charge in [-0.2, -0.15) is 5.10 Å². The van der Waals surface area contributed by atoms with Crippen LogP contribution in [0.5, 0.6) is 0 Å². The second-order valence-electron chi connectivity index (χ2n) is 5.13. The van der Waals surface area contributed by atoms with Gasteiger partial charge in [0.1, 0.15) is 6.54 Å². The Morgan fingerprint density at radius 2 is 2.04 bits per heavy atom. The zero-order valence-electron chi connectivity index (χ0n) is 12.4. The van der Waals surface area contributed by atoms with Crippen LogP contribution in [0.15, 0.2) is 33.3 Å². The Balaban J connectivity index is 2.08. The van der Waals surface area contributed by atoms with Crippen molar-refractivity contribution in [3.05, 3.63) is 40.0 Å². The summed E-state index contributed by atoms with van der Waals surface area (Å²) in [7, 11) is 0. The van der Waals surface area contributed by atoms with Crippen molar-refractivity contribution in [1.29, 1.82) is 0 Å². The van der Waals surface area contributed by atoms with E-state index in [0.29, 0.717) is 17.3 Å². The summed E-state index contributed by atoms with van der Waals surface area (Å²) in [5, 5.41) is 7.96. The van der Waals surface area contributed by atoms with Gasteiger partial charge in [0, 0.05) is 16.1 Å². The molecule has 0 unspecified atom stereocenters. The molecule has 0 bridgehead atoms. The first kappa shape index (κ1) is 15.8. The lowest BCUT2D eigenvalue weighted by Gasteiger charge is -2.02. The monoisotopic (exact) mass is 382 g/mol. The first-order chi connectivity index (χ1) is 10.9. The molecular weight excluding hydrogens is 370 g/mol. The van der Waals surface area contributed by atoms with Gasteiger partial charge in [0.05, 0.1) is 5.69 Å². The van der Waals surface area contributed by atoms with Crippen LogP contribution in [-0.2, 0) is 6.54 Å². The van der Waals surface area contributed by atoms with Gasteiger partial charge >= 0.3 is 0 Å². The fourth-order valence-electron chi connectivity index (χ4n) is 2.11. The van der Waals surface area contributed by atoms with Gasteiger partial charge in [0.25, 0.3) is 6.43 Å². The normalized spacial score (nSPS) is 11.4. The van der Waals surface area contributed by atoms with Gasteiger partial charge in [0.2, 0.25) is 5.76 Å². The van der Waals surface area contributed by atoms with Crippen LogP contribution in [0.25, 0.3) is 23.0 Å². The Hall–Kier alpha value is -2.09. The number of hydrogen-bond donors (Lipinski definition) is 0. The van der Waals surface area contributed by atoms with Crippen LogP contribution in [0, 0.1) is 13.8 Å². The Morgan fingerprint density at radius 3 is 2.65 bits per heavy atom. The lowest BCUT2D eigenvalue weighted by atomic mass is 10.1. The minimum Gasteiger partial charge on any atom is -0.353 e. The van der Waals surface area contributed by atoms with Gasteiger partial charge in [-0.3, -0.25) is 0 Å². The standard InChI is InChI=1S/C15H13BrF2N4O/c1-8-3-4-10(6-11(8)16)14-19-15(12-5-9(2)21-23-12)22(20-14)7-13(17)18/h3-6,13H,7H2,1-2H3. The van der Waals surface area contributed by atoms with Crippen LogP contribution in [0.4, 0.5) is 8.78 Å². The van der Waals surface area contributed by atoms with Crippen molar-refractivity contribution in [1.82, 2.24) is 19.9 Å². The fourth-order valence-corrected chi connectivity index (χ4v) is 2.48. The molecule has 0 spiro atoms. The van der Waals surface area contributed by atoms with Gasteiger partial charge in [-0.1, -0.05) is 33.2 Å². The Bertz CT molecular complexity index is 844. The van der Waals surface area contributed by atoms with E-state index in [9.17, 15) is 8.78 Å². The average molecular weight is 383 g/mol. The number of rotatable bonds is 4. The van der Waals surface area contributed by atoms with Crippen LogP contribution in [0.2, 0.25) is 0 Å². The summed E-state index contributed by atoms with van der Waals surface area (Å²) < 4.78 is 32.8. The molecule has 0 fully saturated rings. The number of nitrogens with zero attached hydrogens (tertiary/aromatic N) is 4. The van der Waals surface area contributed by atoms with Crippen molar-refractivity contribution >= 4 is 15.9 Å². The molecule has 3 rings (SSSR count). The van der Waals surface area contributed by atoms with Gasteiger partial charge in [0.15, 0.2) is 11.6 Å². The van der Waals surface area contributed by atoms with E-state index in [1.54, 1.807) is 13.0 Å². The summed E-state index contributed by atoms with van der Waals surface area (Å²) in [6.45, 7) is 3.15. The topological polar surface area (TPSA) is 56.7 Å². The van der Waals surface area contributed by atoms with Crippen LogP contribution in [-0.4, -0.2) is 26.3 Å². The third-order valence-corrected chi connectivity index (χ3v) is 4.12. The molecule has 2 heterocycles. The van der Waals surface area contributed by atoms with Crippen molar-refractivity contribution in [3.63, 3.8) is 0 Å². The number of aryl methyl sites for hydroxylation is 2. The van der Waals surface area contributed by atoms with Gasteiger partial charge in [-0.15, -0.1) is 0 Å². The summed E-state index contributed by atoms with van der Waals surface area (Å²) in [5.74, 6) is 0.904.